The summed E-state index contributed by atoms with van der Waals surface area (Å²) >= 11 is 1.63. The third kappa shape index (κ3) is 5.71. The molecule has 1 heterocycles. The summed E-state index contributed by atoms with van der Waals surface area (Å²) in [5.74, 6) is 1.71. The van der Waals surface area contributed by atoms with E-state index in [2.05, 4.69) is 27.5 Å². The van der Waals surface area contributed by atoms with Gasteiger partial charge in [0.05, 0.1) is 25.9 Å². The van der Waals surface area contributed by atoms with Crippen LogP contribution in [0.4, 0.5) is 0 Å². The molecule has 2 aromatic rings. The van der Waals surface area contributed by atoms with E-state index in [4.69, 9.17) is 14.5 Å². The van der Waals surface area contributed by atoms with Crippen molar-refractivity contribution in [2.75, 3.05) is 27.8 Å². The lowest BCUT2D eigenvalue weighted by Crippen LogP contribution is -2.38. The SMILES string of the molecule is CCNC(=NCc1ccc(OC)cc1)N(C)Cc1csc(C(C)OC)n1. The summed E-state index contributed by atoms with van der Waals surface area (Å²) in [7, 11) is 5.39. The number of nitrogens with zero attached hydrogens (tertiary/aromatic N) is 3. The number of ether oxygens (including phenoxy) is 2. The smallest absolute Gasteiger partial charge is 0.194 e. The van der Waals surface area contributed by atoms with E-state index < -0.39 is 0 Å². The molecule has 1 N–H and O–H groups in total. The molecular weight excluding hydrogens is 348 g/mol. The number of methoxy groups -OCH3 is 2. The Balaban J connectivity index is 2.03. The molecule has 0 aliphatic carbocycles. The first-order chi connectivity index (χ1) is 12.6. The van der Waals surface area contributed by atoms with Gasteiger partial charge in [0.2, 0.25) is 0 Å². The Bertz CT molecular complexity index is 700. The number of aromatic nitrogens is 1. The Morgan fingerprint density at radius 2 is 2.04 bits per heavy atom. The molecule has 0 radical (unpaired) electrons. The highest BCUT2D eigenvalue weighted by molar-refractivity contribution is 7.09. The third-order valence-electron chi connectivity index (χ3n) is 3.94. The standard InChI is InChI=1S/C19H28N4O2S/c1-6-20-19(21-11-15-7-9-17(25-5)10-8-15)23(3)12-16-13-26-18(22-16)14(2)24-4/h7-10,13-14H,6,11-12H2,1-5H3,(H,20,21). The minimum absolute atomic E-state index is 0.0241. The molecule has 1 unspecified atom stereocenters. The van der Waals surface area contributed by atoms with Crippen molar-refractivity contribution in [1.29, 1.82) is 0 Å². The van der Waals surface area contributed by atoms with Crippen molar-refractivity contribution in [3.05, 3.63) is 45.9 Å². The second-order valence-corrected chi connectivity index (χ2v) is 6.82. The minimum Gasteiger partial charge on any atom is -0.497 e. The van der Waals surface area contributed by atoms with E-state index in [0.29, 0.717) is 13.1 Å². The topological polar surface area (TPSA) is 59.0 Å². The lowest BCUT2D eigenvalue weighted by Gasteiger charge is -2.21. The van der Waals surface area contributed by atoms with Crippen LogP contribution in [0.25, 0.3) is 0 Å². The van der Waals surface area contributed by atoms with E-state index in [1.54, 1.807) is 25.6 Å². The van der Waals surface area contributed by atoms with Crippen molar-refractivity contribution in [2.45, 2.75) is 33.0 Å². The van der Waals surface area contributed by atoms with E-state index in [1.165, 1.54) is 0 Å². The van der Waals surface area contributed by atoms with Crippen LogP contribution >= 0.6 is 11.3 Å². The van der Waals surface area contributed by atoms with Crippen LogP contribution < -0.4 is 10.1 Å². The second-order valence-electron chi connectivity index (χ2n) is 5.93. The fraction of sp³-hybridized carbons (Fsp3) is 0.474. The van der Waals surface area contributed by atoms with Crippen LogP contribution in [0.5, 0.6) is 5.75 Å². The molecule has 0 fully saturated rings. The van der Waals surface area contributed by atoms with Crippen LogP contribution in [0, 0.1) is 0 Å². The molecule has 1 aromatic heterocycles. The summed E-state index contributed by atoms with van der Waals surface area (Å²) in [5.41, 5.74) is 2.16. The number of guanidine groups is 1. The lowest BCUT2D eigenvalue weighted by atomic mass is 10.2. The van der Waals surface area contributed by atoms with Crippen LogP contribution in [0.2, 0.25) is 0 Å². The van der Waals surface area contributed by atoms with Gasteiger partial charge in [0.25, 0.3) is 0 Å². The first-order valence-corrected chi connectivity index (χ1v) is 9.54. The fourth-order valence-electron chi connectivity index (χ4n) is 2.37. The first kappa shape index (κ1) is 20.2. The monoisotopic (exact) mass is 376 g/mol. The average molecular weight is 377 g/mol. The third-order valence-corrected chi connectivity index (χ3v) is 4.99. The van der Waals surface area contributed by atoms with E-state index in [-0.39, 0.29) is 6.10 Å². The number of hydrogen-bond acceptors (Lipinski definition) is 5. The minimum atomic E-state index is 0.0241. The molecule has 142 valence electrons. The van der Waals surface area contributed by atoms with Gasteiger partial charge in [-0.3, -0.25) is 0 Å². The van der Waals surface area contributed by atoms with E-state index in [0.717, 1.165) is 34.5 Å². The van der Waals surface area contributed by atoms with Gasteiger partial charge in [0.15, 0.2) is 5.96 Å². The van der Waals surface area contributed by atoms with Crippen LogP contribution in [-0.4, -0.2) is 43.7 Å². The zero-order valence-corrected chi connectivity index (χ0v) is 17.0. The maximum Gasteiger partial charge on any atom is 0.194 e. The summed E-state index contributed by atoms with van der Waals surface area (Å²) < 4.78 is 10.5. The Hall–Kier alpha value is -2.12. The molecular formula is C19H28N4O2S. The summed E-state index contributed by atoms with van der Waals surface area (Å²) in [6, 6.07) is 7.97. The van der Waals surface area contributed by atoms with Gasteiger partial charge in [-0.05, 0) is 31.5 Å². The van der Waals surface area contributed by atoms with E-state index in [9.17, 15) is 0 Å². The van der Waals surface area contributed by atoms with Crippen LogP contribution in [0.3, 0.4) is 0 Å². The zero-order valence-electron chi connectivity index (χ0n) is 16.2. The Morgan fingerprint density at radius 1 is 1.31 bits per heavy atom. The highest BCUT2D eigenvalue weighted by Crippen LogP contribution is 2.21. The molecule has 0 aliphatic heterocycles. The normalized spacial score (nSPS) is 12.7. The quantitative estimate of drug-likeness (QED) is 0.565. The summed E-state index contributed by atoms with van der Waals surface area (Å²) in [6.07, 6.45) is 0.0241. The molecule has 0 spiro atoms. The van der Waals surface area contributed by atoms with Crippen molar-refractivity contribution in [3.63, 3.8) is 0 Å². The number of thiazole rings is 1. The number of hydrogen-bond donors (Lipinski definition) is 1. The van der Waals surface area contributed by atoms with Gasteiger partial charge < -0.3 is 19.7 Å². The average Bonchev–Trinajstić information content (AvgIpc) is 3.13. The van der Waals surface area contributed by atoms with Gasteiger partial charge in [-0.25, -0.2) is 9.98 Å². The van der Waals surface area contributed by atoms with Gasteiger partial charge in [0, 0.05) is 26.1 Å². The fourth-order valence-corrected chi connectivity index (χ4v) is 3.21. The van der Waals surface area contributed by atoms with Crippen LogP contribution in [0.1, 0.15) is 36.2 Å². The number of rotatable bonds is 8. The van der Waals surface area contributed by atoms with Crippen molar-refractivity contribution < 1.29 is 9.47 Å². The number of nitrogens with one attached hydrogen (secondary N) is 1. The molecule has 6 nitrogen and oxygen atoms in total. The van der Waals surface area contributed by atoms with E-state index >= 15 is 0 Å². The summed E-state index contributed by atoms with van der Waals surface area (Å²) in [4.78, 5) is 11.5. The largest absolute Gasteiger partial charge is 0.497 e. The lowest BCUT2D eigenvalue weighted by molar-refractivity contribution is 0.119. The molecule has 1 atom stereocenters. The first-order valence-electron chi connectivity index (χ1n) is 8.66. The van der Waals surface area contributed by atoms with Crippen molar-refractivity contribution in [3.8, 4) is 5.75 Å². The van der Waals surface area contributed by atoms with Gasteiger partial charge in [0.1, 0.15) is 16.9 Å². The summed E-state index contributed by atoms with van der Waals surface area (Å²) in [6.45, 7) is 6.19. The molecule has 0 bridgehead atoms. The maximum absolute atomic E-state index is 5.33. The zero-order chi connectivity index (χ0) is 18.9. The molecule has 26 heavy (non-hydrogen) atoms. The summed E-state index contributed by atoms with van der Waals surface area (Å²) in [5, 5.41) is 6.41. The predicted molar refractivity (Wildman–Crippen MR) is 107 cm³/mol. The van der Waals surface area contributed by atoms with Gasteiger partial charge >= 0.3 is 0 Å². The molecule has 2 rings (SSSR count). The molecule has 7 heteroatoms. The highest BCUT2D eigenvalue weighted by atomic mass is 32.1. The van der Waals surface area contributed by atoms with Crippen LogP contribution in [0.15, 0.2) is 34.6 Å². The number of benzene rings is 1. The van der Waals surface area contributed by atoms with Crippen molar-refractivity contribution in [1.82, 2.24) is 15.2 Å². The van der Waals surface area contributed by atoms with Gasteiger partial charge in [-0.15, -0.1) is 11.3 Å². The maximum atomic E-state index is 5.33. The highest BCUT2D eigenvalue weighted by Gasteiger charge is 2.12. The van der Waals surface area contributed by atoms with E-state index in [1.807, 2.05) is 38.2 Å². The second kappa shape index (κ2) is 10.1. The number of aliphatic imine (C=N–C) groups is 1. The Labute approximate surface area is 159 Å². The molecule has 1 aromatic carbocycles. The van der Waals surface area contributed by atoms with Crippen molar-refractivity contribution in [2.24, 2.45) is 4.99 Å². The Morgan fingerprint density at radius 3 is 2.65 bits per heavy atom. The molecule has 0 saturated carbocycles. The molecule has 0 amide bonds. The predicted octanol–water partition coefficient (Wildman–Crippen LogP) is 3.46. The van der Waals surface area contributed by atoms with Crippen molar-refractivity contribution >= 4 is 17.3 Å². The van der Waals surface area contributed by atoms with Gasteiger partial charge in [-0.2, -0.15) is 0 Å². The molecule has 0 saturated heterocycles. The molecule has 0 aliphatic rings. The van der Waals surface area contributed by atoms with Crippen LogP contribution in [-0.2, 0) is 17.8 Å². The van der Waals surface area contributed by atoms with Gasteiger partial charge in [-0.1, -0.05) is 12.1 Å². The Kier molecular flexibility index (Phi) is 7.87.